The van der Waals surface area contributed by atoms with E-state index in [2.05, 4.69) is 19.2 Å². The molecular weight excluding hydrogens is 136 g/mol. The zero-order valence-electron chi connectivity index (χ0n) is 7.90. The summed E-state index contributed by atoms with van der Waals surface area (Å²) in [6.45, 7) is 5.46. The number of nitrogens with two attached hydrogens (primary N) is 1. The fourth-order valence-electron chi connectivity index (χ4n) is 0.990. The van der Waals surface area contributed by atoms with E-state index in [0.29, 0.717) is 0 Å². The van der Waals surface area contributed by atoms with Crippen LogP contribution >= 0.6 is 0 Å². The molecule has 11 heavy (non-hydrogen) atoms. The summed E-state index contributed by atoms with van der Waals surface area (Å²) in [6.07, 6.45) is 6.29. The third kappa shape index (κ3) is 7.82. The summed E-state index contributed by atoms with van der Waals surface area (Å²) in [5.41, 5.74) is 5.79. The van der Waals surface area contributed by atoms with E-state index in [1.54, 1.807) is 0 Å². The molecule has 0 aromatic carbocycles. The van der Waals surface area contributed by atoms with Gasteiger partial charge in [0.25, 0.3) is 0 Å². The van der Waals surface area contributed by atoms with Crippen LogP contribution in [-0.4, -0.2) is 12.7 Å². The molecule has 2 nitrogen and oxygen atoms in total. The van der Waals surface area contributed by atoms with Crippen molar-refractivity contribution in [2.45, 2.75) is 52.1 Å². The summed E-state index contributed by atoms with van der Waals surface area (Å²) in [6, 6.07) is 0. The molecule has 2 heteroatoms. The Bertz CT molecular complexity index is 74.0. The fourth-order valence-corrected chi connectivity index (χ4v) is 0.990. The SMILES string of the molecule is CCCCNC(N)CCCC. The molecule has 1 unspecified atom stereocenters. The van der Waals surface area contributed by atoms with Gasteiger partial charge >= 0.3 is 0 Å². The lowest BCUT2D eigenvalue weighted by atomic mass is 10.2. The lowest BCUT2D eigenvalue weighted by Gasteiger charge is -2.12. The van der Waals surface area contributed by atoms with Gasteiger partial charge in [0.05, 0.1) is 6.17 Å². The first-order chi connectivity index (χ1) is 5.31. The van der Waals surface area contributed by atoms with Gasteiger partial charge in [-0.2, -0.15) is 0 Å². The van der Waals surface area contributed by atoms with Crippen molar-refractivity contribution >= 4 is 0 Å². The minimum Gasteiger partial charge on any atom is -0.316 e. The average Bonchev–Trinajstić information content (AvgIpc) is 2.01. The van der Waals surface area contributed by atoms with Crippen LogP contribution in [0.15, 0.2) is 0 Å². The van der Waals surface area contributed by atoms with Crippen LogP contribution in [0.1, 0.15) is 46.0 Å². The maximum Gasteiger partial charge on any atom is 0.0546 e. The monoisotopic (exact) mass is 158 g/mol. The van der Waals surface area contributed by atoms with Gasteiger partial charge in [-0.15, -0.1) is 0 Å². The second-order valence-corrected chi connectivity index (χ2v) is 3.06. The van der Waals surface area contributed by atoms with Crippen LogP contribution in [-0.2, 0) is 0 Å². The Morgan fingerprint density at radius 1 is 1.18 bits per heavy atom. The van der Waals surface area contributed by atoms with Crippen LogP contribution in [0.3, 0.4) is 0 Å². The molecule has 0 radical (unpaired) electrons. The average molecular weight is 158 g/mol. The highest BCUT2D eigenvalue weighted by Gasteiger charge is 1.97. The van der Waals surface area contributed by atoms with Crippen LogP contribution in [0, 0.1) is 0 Å². The van der Waals surface area contributed by atoms with E-state index in [9.17, 15) is 0 Å². The van der Waals surface area contributed by atoms with E-state index in [0.717, 1.165) is 13.0 Å². The Balaban J connectivity index is 3.02. The third-order valence-electron chi connectivity index (χ3n) is 1.81. The molecule has 0 rings (SSSR count). The number of unbranched alkanes of at least 4 members (excludes halogenated alkanes) is 2. The Kier molecular flexibility index (Phi) is 7.96. The van der Waals surface area contributed by atoms with Gasteiger partial charge in [0.2, 0.25) is 0 Å². The van der Waals surface area contributed by atoms with Gasteiger partial charge < -0.3 is 11.1 Å². The topological polar surface area (TPSA) is 38.0 Å². The first-order valence-corrected chi connectivity index (χ1v) is 4.80. The predicted molar refractivity (Wildman–Crippen MR) is 50.4 cm³/mol. The minimum absolute atomic E-state index is 0.224. The van der Waals surface area contributed by atoms with E-state index in [4.69, 9.17) is 5.73 Å². The standard InChI is InChI=1S/C9H22N2/c1-3-5-7-9(10)11-8-6-4-2/h9,11H,3-8,10H2,1-2H3. The first-order valence-electron chi connectivity index (χ1n) is 4.80. The number of hydrogen-bond donors (Lipinski definition) is 2. The smallest absolute Gasteiger partial charge is 0.0546 e. The normalized spacial score (nSPS) is 13.4. The molecule has 0 aromatic rings. The van der Waals surface area contributed by atoms with Crippen LogP contribution in [0.2, 0.25) is 0 Å². The van der Waals surface area contributed by atoms with Crippen molar-refractivity contribution in [2.24, 2.45) is 5.73 Å². The minimum atomic E-state index is 0.224. The van der Waals surface area contributed by atoms with Crippen LogP contribution < -0.4 is 11.1 Å². The lowest BCUT2D eigenvalue weighted by molar-refractivity contribution is 0.471. The molecule has 0 heterocycles. The molecule has 0 aliphatic rings. The molecule has 1 atom stereocenters. The van der Waals surface area contributed by atoms with Crippen molar-refractivity contribution < 1.29 is 0 Å². The molecule has 0 aliphatic carbocycles. The Hall–Kier alpha value is -0.0800. The maximum atomic E-state index is 5.79. The van der Waals surface area contributed by atoms with Crippen molar-refractivity contribution in [1.29, 1.82) is 0 Å². The first kappa shape index (κ1) is 10.9. The van der Waals surface area contributed by atoms with Crippen molar-refractivity contribution in [2.75, 3.05) is 6.54 Å². The van der Waals surface area contributed by atoms with Gasteiger partial charge in [-0.1, -0.05) is 33.1 Å². The van der Waals surface area contributed by atoms with Crippen molar-refractivity contribution in [1.82, 2.24) is 5.32 Å². The molecule has 0 bridgehead atoms. The molecule has 0 saturated carbocycles. The van der Waals surface area contributed by atoms with Gasteiger partial charge in [0.1, 0.15) is 0 Å². The van der Waals surface area contributed by atoms with Gasteiger partial charge in [-0.25, -0.2) is 0 Å². The van der Waals surface area contributed by atoms with Gasteiger partial charge in [0, 0.05) is 0 Å². The highest BCUT2D eigenvalue weighted by Crippen LogP contribution is 1.95. The van der Waals surface area contributed by atoms with Crippen LogP contribution in [0.25, 0.3) is 0 Å². The van der Waals surface area contributed by atoms with Crippen molar-refractivity contribution in [3.63, 3.8) is 0 Å². The predicted octanol–water partition coefficient (Wildman–Crippen LogP) is 1.85. The molecule has 68 valence electrons. The summed E-state index contributed by atoms with van der Waals surface area (Å²) >= 11 is 0. The molecule has 0 spiro atoms. The van der Waals surface area contributed by atoms with E-state index in [1.165, 1.54) is 25.7 Å². The van der Waals surface area contributed by atoms with Gasteiger partial charge in [0.15, 0.2) is 0 Å². The fraction of sp³-hybridized carbons (Fsp3) is 1.00. The molecule has 0 saturated heterocycles. The second-order valence-electron chi connectivity index (χ2n) is 3.06. The lowest BCUT2D eigenvalue weighted by Crippen LogP contribution is -2.37. The molecule has 0 aliphatic heterocycles. The molecular formula is C9H22N2. The van der Waals surface area contributed by atoms with Gasteiger partial charge in [-0.05, 0) is 19.4 Å². The van der Waals surface area contributed by atoms with E-state index < -0.39 is 0 Å². The summed E-state index contributed by atoms with van der Waals surface area (Å²) in [7, 11) is 0. The molecule has 3 N–H and O–H groups in total. The van der Waals surface area contributed by atoms with Gasteiger partial charge in [-0.3, -0.25) is 0 Å². The zero-order valence-corrected chi connectivity index (χ0v) is 7.90. The number of rotatable bonds is 7. The van der Waals surface area contributed by atoms with Crippen molar-refractivity contribution in [3.8, 4) is 0 Å². The largest absolute Gasteiger partial charge is 0.316 e. The van der Waals surface area contributed by atoms with Crippen LogP contribution in [0.5, 0.6) is 0 Å². The summed E-state index contributed by atoms with van der Waals surface area (Å²) in [5.74, 6) is 0. The maximum absolute atomic E-state index is 5.79. The number of nitrogens with one attached hydrogen (secondary N) is 1. The van der Waals surface area contributed by atoms with E-state index >= 15 is 0 Å². The molecule has 0 amide bonds. The van der Waals surface area contributed by atoms with E-state index in [-0.39, 0.29) is 6.17 Å². The molecule has 0 aromatic heterocycles. The van der Waals surface area contributed by atoms with E-state index in [1.807, 2.05) is 0 Å². The quantitative estimate of drug-likeness (QED) is 0.438. The Labute approximate surface area is 70.5 Å². The van der Waals surface area contributed by atoms with Crippen LogP contribution in [0.4, 0.5) is 0 Å². The highest BCUT2D eigenvalue weighted by molar-refractivity contribution is 4.57. The summed E-state index contributed by atoms with van der Waals surface area (Å²) in [5, 5.41) is 3.30. The second kappa shape index (κ2) is 8.02. The molecule has 0 fully saturated rings. The Morgan fingerprint density at radius 3 is 2.36 bits per heavy atom. The Morgan fingerprint density at radius 2 is 1.82 bits per heavy atom. The highest BCUT2D eigenvalue weighted by atomic mass is 15.0. The zero-order chi connectivity index (χ0) is 8.53. The third-order valence-corrected chi connectivity index (χ3v) is 1.81. The summed E-state index contributed by atoms with van der Waals surface area (Å²) in [4.78, 5) is 0. The number of hydrogen-bond acceptors (Lipinski definition) is 2. The van der Waals surface area contributed by atoms with Crippen molar-refractivity contribution in [3.05, 3.63) is 0 Å². The summed E-state index contributed by atoms with van der Waals surface area (Å²) < 4.78 is 0.